The van der Waals surface area contributed by atoms with Crippen molar-refractivity contribution in [2.45, 2.75) is 63.7 Å². The zero-order valence-electron chi connectivity index (χ0n) is 22.6. The van der Waals surface area contributed by atoms with Crippen LogP contribution in [-0.2, 0) is 21.2 Å². The lowest BCUT2D eigenvalue weighted by Gasteiger charge is -2.37. The summed E-state index contributed by atoms with van der Waals surface area (Å²) in [6.07, 6.45) is 1.44. The normalized spacial score (nSPS) is 18.6. The van der Waals surface area contributed by atoms with Gasteiger partial charge in [0.15, 0.2) is 19.8 Å². The minimum atomic E-state index is -1.91. The number of amides is 1. The Bertz CT molecular complexity index is 993. The maximum Gasteiger partial charge on any atom is 0.233 e. The van der Waals surface area contributed by atoms with Gasteiger partial charge in [0, 0.05) is 19.7 Å². The van der Waals surface area contributed by atoms with E-state index in [1.165, 1.54) is 0 Å². The lowest BCUT2D eigenvalue weighted by molar-refractivity contribution is -0.133. The Balaban J connectivity index is 1.86. The summed E-state index contributed by atoms with van der Waals surface area (Å²) < 4.78 is 23.0. The first-order valence-electron chi connectivity index (χ1n) is 12.3. The van der Waals surface area contributed by atoms with Gasteiger partial charge in [-0.15, -0.1) is 0 Å². The predicted molar refractivity (Wildman–Crippen MR) is 142 cm³/mol. The van der Waals surface area contributed by atoms with Crippen molar-refractivity contribution < 1.29 is 23.4 Å². The van der Waals surface area contributed by atoms with E-state index in [2.05, 4.69) is 46.0 Å². The molecule has 2 aromatic carbocycles. The summed E-state index contributed by atoms with van der Waals surface area (Å²) in [6, 6.07) is 14.0. The van der Waals surface area contributed by atoms with Crippen LogP contribution in [0.4, 0.5) is 0 Å². The van der Waals surface area contributed by atoms with Crippen LogP contribution in [0.2, 0.25) is 18.1 Å². The van der Waals surface area contributed by atoms with Crippen LogP contribution >= 0.6 is 0 Å². The fraction of sp³-hybridized carbons (Fsp3) is 0.536. The molecule has 1 fully saturated rings. The van der Waals surface area contributed by atoms with Gasteiger partial charge in [0.1, 0.15) is 0 Å². The smallest absolute Gasteiger partial charge is 0.233 e. The fourth-order valence-corrected chi connectivity index (χ4v) is 5.58. The number of likely N-dealkylation sites (tertiary alicyclic amines) is 1. The molecule has 0 saturated carbocycles. The number of rotatable bonds is 10. The van der Waals surface area contributed by atoms with Crippen LogP contribution in [0.1, 0.15) is 44.7 Å². The third-order valence-corrected chi connectivity index (χ3v) is 12.3. The molecule has 0 N–H and O–H groups in total. The van der Waals surface area contributed by atoms with Gasteiger partial charge in [-0.3, -0.25) is 4.79 Å². The minimum absolute atomic E-state index is 0.130. The average molecular weight is 500 g/mol. The fourth-order valence-electron chi connectivity index (χ4n) is 4.53. The first-order chi connectivity index (χ1) is 16.5. The van der Waals surface area contributed by atoms with Crippen LogP contribution in [0.25, 0.3) is 0 Å². The highest BCUT2D eigenvalue weighted by atomic mass is 28.4. The van der Waals surface area contributed by atoms with Crippen LogP contribution in [0.15, 0.2) is 42.5 Å². The van der Waals surface area contributed by atoms with Crippen molar-refractivity contribution in [3.8, 4) is 17.2 Å². The van der Waals surface area contributed by atoms with E-state index in [1.54, 1.807) is 21.3 Å². The molecule has 0 aromatic heterocycles. The maximum absolute atomic E-state index is 14.0. The van der Waals surface area contributed by atoms with E-state index in [0.29, 0.717) is 43.4 Å². The molecule has 1 heterocycles. The second-order valence-corrected chi connectivity index (χ2v) is 15.6. The van der Waals surface area contributed by atoms with Gasteiger partial charge in [0.2, 0.25) is 11.7 Å². The highest BCUT2D eigenvalue weighted by molar-refractivity contribution is 6.74. The van der Waals surface area contributed by atoms with E-state index in [4.69, 9.17) is 18.6 Å². The van der Waals surface area contributed by atoms with Crippen molar-refractivity contribution in [3.63, 3.8) is 0 Å². The molecule has 0 bridgehead atoms. The Morgan fingerprint density at radius 2 is 1.57 bits per heavy atom. The second-order valence-electron chi connectivity index (χ2n) is 10.8. The number of nitrogens with zero attached hydrogens (tertiary/aromatic N) is 1. The number of methoxy groups -OCH3 is 3. The molecule has 1 amide bonds. The van der Waals surface area contributed by atoms with E-state index >= 15 is 0 Å². The molecule has 3 rings (SSSR count). The lowest BCUT2D eigenvalue weighted by atomic mass is 9.76. The number of benzene rings is 2. The second kappa shape index (κ2) is 10.6. The third-order valence-electron chi connectivity index (χ3n) is 7.73. The van der Waals surface area contributed by atoms with Crippen LogP contribution in [0.3, 0.4) is 0 Å². The van der Waals surface area contributed by atoms with Crippen LogP contribution in [-0.4, -0.2) is 53.6 Å². The standard InChI is InChI=1S/C28H41NO5Si/c1-27(2,3)35(7,8)34-17-15-28(22-12-10-9-11-13-22)14-16-29(26(28)30)20-21-18-23(31-4)25(33-6)24(19-21)32-5/h9-13,18-19H,14-17,20H2,1-8H3. The Hall–Kier alpha value is -2.51. The summed E-state index contributed by atoms with van der Waals surface area (Å²) in [5.74, 6) is 1.88. The van der Waals surface area contributed by atoms with Gasteiger partial charge >= 0.3 is 0 Å². The highest BCUT2D eigenvalue weighted by Gasteiger charge is 2.48. The molecular formula is C28H41NO5Si. The molecule has 1 aliphatic heterocycles. The first kappa shape index (κ1) is 27.1. The van der Waals surface area contributed by atoms with Crippen molar-refractivity contribution in [2.75, 3.05) is 34.5 Å². The third kappa shape index (κ3) is 5.51. The minimum Gasteiger partial charge on any atom is -0.493 e. The summed E-state index contributed by atoms with van der Waals surface area (Å²) in [7, 11) is 2.89. The highest BCUT2D eigenvalue weighted by Crippen LogP contribution is 2.43. The molecule has 7 heteroatoms. The van der Waals surface area contributed by atoms with Gasteiger partial charge in [-0.1, -0.05) is 51.1 Å². The van der Waals surface area contributed by atoms with Crippen molar-refractivity contribution in [1.82, 2.24) is 4.90 Å². The first-order valence-corrected chi connectivity index (χ1v) is 15.2. The van der Waals surface area contributed by atoms with E-state index < -0.39 is 13.7 Å². The van der Waals surface area contributed by atoms with Crippen molar-refractivity contribution >= 4 is 14.2 Å². The van der Waals surface area contributed by atoms with Crippen molar-refractivity contribution in [1.29, 1.82) is 0 Å². The number of hydrogen-bond donors (Lipinski definition) is 0. The molecule has 1 saturated heterocycles. The molecular weight excluding hydrogens is 458 g/mol. The lowest BCUT2D eigenvalue weighted by Crippen LogP contribution is -2.43. The Morgan fingerprint density at radius 3 is 2.09 bits per heavy atom. The van der Waals surface area contributed by atoms with Gasteiger partial charge in [0.05, 0.1) is 26.7 Å². The molecule has 6 nitrogen and oxygen atoms in total. The maximum atomic E-state index is 14.0. The van der Waals surface area contributed by atoms with E-state index in [9.17, 15) is 4.79 Å². The van der Waals surface area contributed by atoms with Crippen molar-refractivity contribution in [2.24, 2.45) is 0 Å². The number of carbonyl (C=O) groups excluding carboxylic acids is 1. The molecule has 0 radical (unpaired) electrons. The van der Waals surface area contributed by atoms with E-state index in [0.717, 1.165) is 17.5 Å². The molecule has 1 aliphatic rings. The molecule has 192 valence electrons. The van der Waals surface area contributed by atoms with E-state index in [-0.39, 0.29) is 10.9 Å². The SMILES string of the molecule is COc1cc(CN2CCC(CCO[Si](C)(C)C(C)(C)C)(c3ccccc3)C2=O)cc(OC)c1OC. The van der Waals surface area contributed by atoms with Crippen LogP contribution < -0.4 is 14.2 Å². The summed E-state index contributed by atoms with van der Waals surface area (Å²) in [5, 5.41) is 0.130. The van der Waals surface area contributed by atoms with Gasteiger partial charge < -0.3 is 23.5 Å². The Kier molecular flexibility index (Phi) is 8.22. The van der Waals surface area contributed by atoms with Crippen LogP contribution in [0.5, 0.6) is 17.2 Å². The summed E-state index contributed by atoms with van der Waals surface area (Å²) in [6.45, 7) is 13.0. The molecule has 35 heavy (non-hydrogen) atoms. The number of carbonyl (C=O) groups is 1. The summed E-state index contributed by atoms with van der Waals surface area (Å²) in [5.41, 5.74) is 1.43. The summed E-state index contributed by atoms with van der Waals surface area (Å²) >= 11 is 0. The van der Waals surface area contributed by atoms with Gasteiger partial charge in [-0.25, -0.2) is 0 Å². The van der Waals surface area contributed by atoms with Gasteiger partial charge in [-0.2, -0.15) is 0 Å². The Morgan fingerprint density at radius 1 is 0.971 bits per heavy atom. The number of hydrogen-bond acceptors (Lipinski definition) is 5. The topological polar surface area (TPSA) is 57.2 Å². The monoisotopic (exact) mass is 499 g/mol. The zero-order chi connectivity index (χ0) is 25.9. The van der Waals surface area contributed by atoms with Crippen molar-refractivity contribution in [3.05, 3.63) is 53.6 Å². The molecule has 2 aromatic rings. The summed E-state index contributed by atoms with van der Waals surface area (Å²) in [4.78, 5) is 16.0. The van der Waals surface area contributed by atoms with Crippen LogP contribution in [0, 0.1) is 0 Å². The van der Waals surface area contributed by atoms with E-state index in [1.807, 2.05) is 35.2 Å². The van der Waals surface area contributed by atoms with Gasteiger partial charge in [-0.05, 0) is 54.2 Å². The average Bonchev–Trinajstić information content (AvgIpc) is 3.14. The molecule has 0 aliphatic carbocycles. The number of ether oxygens (including phenoxy) is 3. The quantitative estimate of drug-likeness (QED) is 0.387. The zero-order valence-corrected chi connectivity index (χ0v) is 23.6. The largest absolute Gasteiger partial charge is 0.493 e. The molecule has 0 spiro atoms. The van der Waals surface area contributed by atoms with Gasteiger partial charge in [0.25, 0.3) is 0 Å². The predicted octanol–water partition coefficient (Wildman–Crippen LogP) is 5.79. The Labute approximate surface area is 211 Å². The molecule has 1 unspecified atom stereocenters. The molecule has 1 atom stereocenters.